The van der Waals surface area contributed by atoms with Crippen LogP contribution in [0.1, 0.15) is 38.5 Å². The fraction of sp³-hybridized carbons (Fsp3) is 0.692. The Morgan fingerprint density at radius 3 is 2.67 bits per heavy atom. The zero-order valence-electron chi connectivity index (χ0n) is 10.1. The number of hydrogen-bond donors (Lipinski definition) is 1. The summed E-state index contributed by atoms with van der Waals surface area (Å²) in [6.45, 7) is 0.449. The van der Waals surface area contributed by atoms with E-state index in [9.17, 15) is 18.3 Å². The van der Waals surface area contributed by atoms with Crippen molar-refractivity contribution in [2.45, 2.75) is 44.1 Å². The van der Waals surface area contributed by atoms with E-state index in [4.69, 9.17) is 4.74 Å². The second-order valence-corrected chi connectivity index (χ2v) is 4.89. The highest BCUT2D eigenvalue weighted by molar-refractivity contribution is 5.21. The quantitative estimate of drug-likeness (QED) is 0.822. The van der Waals surface area contributed by atoms with Gasteiger partial charge in [-0.2, -0.15) is 8.78 Å². The molecule has 1 aliphatic carbocycles. The van der Waals surface area contributed by atoms with Crippen molar-refractivity contribution >= 4 is 0 Å². The summed E-state index contributed by atoms with van der Waals surface area (Å²) >= 11 is 0. The van der Waals surface area contributed by atoms with Gasteiger partial charge in [-0.15, -0.1) is 0 Å². The monoisotopic (exact) mass is 262 g/mol. The summed E-state index contributed by atoms with van der Waals surface area (Å²) in [5.41, 5.74) is -1.60. The minimum Gasteiger partial charge on any atom is -0.495 e. The highest BCUT2D eigenvalue weighted by Crippen LogP contribution is 2.45. The molecule has 102 valence electrons. The maximum Gasteiger partial charge on any atom is 0.301 e. The predicted molar refractivity (Wildman–Crippen MR) is 60.5 cm³/mol. The third-order valence-corrected chi connectivity index (χ3v) is 3.73. The van der Waals surface area contributed by atoms with Gasteiger partial charge in [0.05, 0.1) is 12.5 Å². The molecule has 0 amide bonds. The topological polar surface area (TPSA) is 29.5 Å². The van der Waals surface area contributed by atoms with Crippen LogP contribution in [0.4, 0.5) is 13.2 Å². The van der Waals surface area contributed by atoms with Gasteiger partial charge in [-0.1, -0.05) is 12.8 Å². The normalized spacial score (nSPS) is 32.4. The molecule has 1 aliphatic heterocycles. The first-order valence-corrected chi connectivity index (χ1v) is 6.32. The molecule has 1 saturated carbocycles. The summed E-state index contributed by atoms with van der Waals surface area (Å²) in [4.78, 5) is 0. The highest BCUT2D eigenvalue weighted by atomic mass is 19.3. The lowest BCUT2D eigenvalue weighted by molar-refractivity contribution is -0.0593. The zero-order valence-corrected chi connectivity index (χ0v) is 10.1. The second kappa shape index (κ2) is 5.34. The van der Waals surface area contributed by atoms with Crippen molar-refractivity contribution in [3.63, 3.8) is 0 Å². The lowest BCUT2D eigenvalue weighted by atomic mass is 9.73. The number of allylic oxidation sites excluding steroid dienone is 1. The Kier molecular flexibility index (Phi) is 4.00. The second-order valence-electron chi connectivity index (χ2n) is 4.89. The van der Waals surface area contributed by atoms with Crippen LogP contribution in [0.3, 0.4) is 0 Å². The summed E-state index contributed by atoms with van der Waals surface area (Å²) in [6.07, 6.45) is 2.75. The summed E-state index contributed by atoms with van der Waals surface area (Å²) < 4.78 is 43.8. The third kappa shape index (κ3) is 2.41. The molecule has 1 heterocycles. The summed E-state index contributed by atoms with van der Waals surface area (Å²) in [5, 5.41) is 10.6. The molecule has 0 bridgehead atoms. The standard InChI is InChI=1S/C13H17F3O2/c14-11(12(15)16)9-5-1-3-7-13(9,17)10-6-2-4-8-18-10/h6,9,17H,1-5,7-8H2/t9-,13-/m1/s1. The molecular weight excluding hydrogens is 245 g/mol. The fourth-order valence-electron chi connectivity index (χ4n) is 2.78. The molecule has 0 aromatic rings. The van der Waals surface area contributed by atoms with Crippen LogP contribution in [0.2, 0.25) is 0 Å². The van der Waals surface area contributed by atoms with Crippen molar-refractivity contribution in [2.24, 2.45) is 5.92 Å². The molecule has 2 rings (SSSR count). The van der Waals surface area contributed by atoms with E-state index < -0.39 is 23.4 Å². The van der Waals surface area contributed by atoms with E-state index in [1.54, 1.807) is 6.08 Å². The molecule has 5 heteroatoms. The molecule has 18 heavy (non-hydrogen) atoms. The summed E-state index contributed by atoms with van der Waals surface area (Å²) in [6, 6.07) is 0. The van der Waals surface area contributed by atoms with Crippen molar-refractivity contribution in [3.05, 3.63) is 23.7 Å². The predicted octanol–water partition coefficient (Wildman–Crippen LogP) is 3.68. The Morgan fingerprint density at radius 1 is 1.28 bits per heavy atom. The smallest absolute Gasteiger partial charge is 0.301 e. The van der Waals surface area contributed by atoms with Gasteiger partial charge in [0.1, 0.15) is 11.4 Å². The molecule has 0 aromatic heterocycles. The summed E-state index contributed by atoms with van der Waals surface area (Å²) in [7, 11) is 0. The Balaban J connectivity index is 2.31. The van der Waals surface area contributed by atoms with Crippen molar-refractivity contribution < 1.29 is 23.0 Å². The average Bonchev–Trinajstić information content (AvgIpc) is 2.39. The molecule has 1 fully saturated rings. The largest absolute Gasteiger partial charge is 0.495 e. The van der Waals surface area contributed by atoms with E-state index in [0.29, 0.717) is 19.4 Å². The van der Waals surface area contributed by atoms with E-state index in [1.807, 2.05) is 0 Å². The van der Waals surface area contributed by atoms with Crippen LogP contribution in [0, 0.1) is 5.92 Å². The van der Waals surface area contributed by atoms with Gasteiger partial charge in [0, 0.05) is 0 Å². The molecule has 2 atom stereocenters. The van der Waals surface area contributed by atoms with E-state index >= 15 is 0 Å². The van der Waals surface area contributed by atoms with Crippen LogP contribution in [-0.2, 0) is 4.74 Å². The molecule has 0 unspecified atom stereocenters. The van der Waals surface area contributed by atoms with Crippen LogP contribution in [0.5, 0.6) is 0 Å². The zero-order chi connectivity index (χ0) is 13.2. The molecule has 0 saturated heterocycles. The number of ether oxygens (including phenoxy) is 1. The van der Waals surface area contributed by atoms with Crippen LogP contribution < -0.4 is 0 Å². The summed E-state index contributed by atoms with van der Waals surface area (Å²) in [5.74, 6) is -2.40. The van der Waals surface area contributed by atoms with Crippen LogP contribution in [0.25, 0.3) is 0 Å². The lowest BCUT2D eigenvalue weighted by Crippen LogP contribution is -2.44. The number of halogens is 3. The van der Waals surface area contributed by atoms with Crippen molar-refractivity contribution in [2.75, 3.05) is 6.61 Å². The Labute approximate surface area is 104 Å². The SMILES string of the molecule is O[C@]1(C2=CCCCO2)CCCC[C@@H]1C(F)=C(F)F. The first kappa shape index (κ1) is 13.5. The fourth-order valence-corrected chi connectivity index (χ4v) is 2.78. The van der Waals surface area contributed by atoms with Crippen molar-refractivity contribution in [1.82, 2.24) is 0 Å². The van der Waals surface area contributed by atoms with Crippen molar-refractivity contribution in [3.8, 4) is 0 Å². The molecule has 1 N–H and O–H groups in total. The van der Waals surface area contributed by atoms with Gasteiger partial charge in [0.25, 0.3) is 0 Å². The maximum absolute atomic E-state index is 13.5. The Bertz CT molecular complexity index is 374. The number of rotatable bonds is 2. The molecule has 0 aromatic carbocycles. The maximum atomic E-state index is 13.5. The molecule has 2 nitrogen and oxygen atoms in total. The van der Waals surface area contributed by atoms with Gasteiger partial charge in [0.2, 0.25) is 0 Å². The molecule has 0 radical (unpaired) electrons. The van der Waals surface area contributed by atoms with Gasteiger partial charge >= 0.3 is 6.08 Å². The Hall–Kier alpha value is -0.970. The minimum absolute atomic E-state index is 0.223. The average molecular weight is 262 g/mol. The molecule has 2 aliphatic rings. The van der Waals surface area contributed by atoms with E-state index in [2.05, 4.69) is 0 Å². The van der Waals surface area contributed by atoms with E-state index in [1.165, 1.54) is 0 Å². The molecular formula is C13H17F3O2. The Morgan fingerprint density at radius 2 is 2.06 bits per heavy atom. The van der Waals surface area contributed by atoms with Crippen LogP contribution in [-0.4, -0.2) is 17.3 Å². The first-order chi connectivity index (χ1) is 8.55. The van der Waals surface area contributed by atoms with Gasteiger partial charge in [-0.05, 0) is 31.8 Å². The van der Waals surface area contributed by atoms with Crippen LogP contribution >= 0.6 is 0 Å². The molecule has 0 spiro atoms. The highest BCUT2D eigenvalue weighted by Gasteiger charge is 2.47. The van der Waals surface area contributed by atoms with Gasteiger partial charge in [-0.25, -0.2) is 4.39 Å². The van der Waals surface area contributed by atoms with Crippen LogP contribution in [0.15, 0.2) is 23.7 Å². The minimum atomic E-state index is -2.34. The van der Waals surface area contributed by atoms with Gasteiger partial charge in [0.15, 0.2) is 5.83 Å². The van der Waals surface area contributed by atoms with E-state index in [-0.39, 0.29) is 18.6 Å². The number of aliphatic hydroxyl groups is 1. The third-order valence-electron chi connectivity index (χ3n) is 3.73. The van der Waals surface area contributed by atoms with Gasteiger partial charge in [-0.3, -0.25) is 0 Å². The first-order valence-electron chi connectivity index (χ1n) is 6.32. The number of hydrogen-bond acceptors (Lipinski definition) is 2. The van der Waals surface area contributed by atoms with E-state index in [0.717, 1.165) is 12.8 Å². The van der Waals surface area contributed by atoms with Gasteiger partial charge < -0.3 is 9.84 Å². The lowest BCUT2D eigenvalue weighted by Gasteiger charge is -2.41. The van der Waals surface area contributed by atoms with Crippen molar-refractivity contribution in [1.29, 1.82) is 0 Å².